The van der Waals surface area contributed by atoms with Gasteiger partial charge in [0.15, 0.2) is 0 Å². The van der Waals surface area contributed by atoms with Gasteiger partial charge in [-0.2, -0.15) is 0 Å². The molecule has 1 atom stereocenters. The molecule has 0 fully saturated rings. The van der Waals surface area contributed by atoms with Crippen molar-refractivity contribution in [2.75, 3.05) is 0 Å². The first-order valence-corrected chi connectivity index (χ1v) is 6.38. The molecule has 0 radical (unpaired) electrons. The zero-order valence-corrected chi connectivity index (χ0v) is 10.2. The van der Waals surface area contributed by atoms with Crippen molar-refractivity contribution >= 4 is 11.3 Å². The smallest absolute Gasteiger partial charge is 0.0628 e. The van der Waals surface area contributed by atoms with Crippen LogP contribution >= 0.6 is 11.3 Å². The summed E-state index contributed by atoms with van der Waals surface area (Å²) in [5.74, 6) is 0. The van der Waals surface area contributed by atoms with Crippen molar-refractivity contribution in [3.05, 3.63) is 57.8 Å². The minimum atomic E-state index is -0.277. The Morgan fingerprint density at radius 2 is 1.88 bits per heavy atom. The van der Waals surface area contributed by atoms with Crippen LogP contribution in [-0.4, -0.2) is 11.2 Å². The highest BCUT2D eigenvalue weighted by Gasteiger charge is 2.07. The van der Waals surface area contributed by atoms with E-state index in [1.165, 1.54) is 16.0 Å². The van der Waals surface area contributed by atoms with E-state index in [0.717, 1.165) is 12.8 Å². The van der Waals surface area contributed by atoms with Gasteiger partial charge in [0.1, 0.15) is 0 Å². The first kappa shape index (κ1) is 11.4. The van der Waals surface area contributed by atoms with Gasteiger partial charge >= 0.3 is 0 Å². The van der Waals surface area contributed by atoms with Gasteiger partial charge in [0.2, 0.25) is 0 Å². The summed E-state index contributed by atoms with van der Waals surface area (Å²) in [6.07, 6.45) is 1.21. The third-order valence-electron chi connectivity index (χ3n) is 2.61. The second-order valence-corrected chi connectivity index (χ2v) is 5.16. The lowest BCUT2D eigenvalue weighted by Crippen LogP contribution is -2.13. The topological polar surface area (TPSA) is 20.2 Å². The Bertz CT molecular complexity index is 417. The molecule has 2 rings (SSSR count). The van der Waals surface area contributed by atoms with Crippen LogP contribution in [0.25, 0.3) is 0 Å². The Morgan fingerprint density at radius 1 is 1.12 bits per heavy atom. The van der Waals surface area contributed by atoms with Crippen LogP contribution < -0.4 is 0 Å². The van der Waals surface area contributed by atoms with E-state index in [4.69, 9.17) is 0 Å². The lowest BCUT2D eigenvalue weighted by Gasteiger charge is -2.09. The maximum Gasteiger partial charge on any atom is 0.0628 e. The number of aliphatic hydroxyl groups is 1. The lowest BCUT2D eigenvalue weighted by molar-refractivity contribution is 0.176. The number of hydrogen-bond acceptors (Lipinski definition) is 2. The highest BCUT2D eigenvalue weighted by molar-refractivity contribution is 7.09. The number of aliphatic hydroxyl groups excluding tert-OH is 1. The molecular weight excluding hydrogens is 216 g/mol. The van der Waals surface area contributed by atoms with Crippen LogP contribution in [0.5, 0.6) is 0 Å². The highest BCUT2D eigenvalue weighted by atomic mass is 32.1. The van der Waals surface area contributed by atoms with Crippen LogP contribution in [0.4, 0.5) is 0 Å². The molecule has 2 heteroatoms. The van der Waals surface area contributed by atoms with Gasteiger partial charge in [0, 0.05) is 11.3 Å². The van der Waals surface area contributed by atoms with Gasteiger partial charge in [0.05, 0.1) is 6.10 Å². The maximum atomic E-state index is 9.95. The number of aryl methyl sites for hydroxylation is 1. The van der Waals surface area contributed by atoms with Crippen LogP contribution in [-0.2, 0) is 12.8 Å². The molecule has 0 amide bonds. The molecule has 16 heavy (non-hydrogen) atoms. The number of benzene rings is 1. The van der Waals surface area contributed by atoms with Gasteiger partial charge in [-0.3, -0.25) is 0 Å². The third kappa shape index (κ3) is 3.19. The average Bonchev–Trinajstić information content (AvgIpc) is 2.74. The summed E-state index contributed by atoms with van der Waals surface area (Å²) >= 11 is 1.70. The molecule has 1 aromatic heterocycles. The second-order valence-electron chi connectivity index (χ2n) is 4.13. The molecule has 0 bridgehead atoms. The van der Waals surface area contributed by atoms with Crippen LogP contribution in [0.2, 0.25) is 0 Å². The van der Waals surface area contributed by atoms with Crippen molar-refractivity contribution in [2.24, 2.45) is 0 Å². The summed E-state index contributed by atoms with van der Waals surface area (Å²) in [6.45, 7) is 2.08. The van der Waals surface area contributed by atoms with Gasteiger partial charge in [-0.15, -0.1) is 11.3 Å². The molecule has 1 N–H and O–H groups in total. The number of rotatable bonds is 4. The van der Waals surface area contributed by atoms with E-state index in [1.807, 2.05) is 11.4 Å². The Balaban J connectivity index is 1.92. The summed E-state index contributed by atoms with van der Waals surface area (Å²) in [5, 5.41) is 12.0. The molecule has 84 valence electrons. The van der Waals surface area contributed by atoms with E-state index in [9.17, 15) is 5.11 Å². The Hall–Kier alpha value is -1.12. The molecule has 1 unspecified atom stereocenters. The Kier molecular flexibility index (Phi) is 3.75. The molecule has 1 aromatic carbocycles. The number of hydrogen-bond donors (Lipinski definition) is 1. The molecule has 2 aromatic rings. The average molecular weight is 232 g/mol. The maximum absolute atomic E-state index is 9.95. The Labute approximate surface area is 100 Å². The van der Waals surface area contributed by atoms with Crippen LogP contribution in [0.3, 0.4) is 0 Å². The SMILES string of the molecule is Cc1ccc(CC(O)Cc2cccs2)cc1. The standard InChI is InChI=1S/C14H16OS/c1-11-4-6-12(7-5-11)9-13(15)10-14-3-2-8-16-14/h2-8,13,15H,9-10H2,1H3. The fourth-order valence-electron chi connectivity index (χ4n) is 1.73. The second kappa shape index (κ2) is 5.28. The summed E-state index contributed by atoms with van der Waals surface area (Å²) in [4.78, 5) is 1.25. The molecule has 1 heterocycles. The fourth-order valence-corrected chi connectivity index (χ4v) is 2.51. The molecule has 0 aliphatic carbocycles. The summed E-state index contributed by atoms with van der Waals surface area (Å²) in [6, 6.07) is 12.5. The van der Waals surface area contributed by atoms with Crippen LogP contribution in [0.1, 0.15) is 16.0 Å². The predicted octanol–water partition coefficient (Wildman–Crippen LogP) is 3.20. The summed E-state index contributed by atoms with van der Waals surface area (Å²) in [5.41, 5.74) is 2.46. The van der Waals surface area contributed by atoms with Gasteiger partial charge in [0.25, 0.3) is 0 Å². The van der Waals surface area contributed by atoms with Crippen molar-refractivity contribution in [2.45, 2.75) is 25.9 Å². The molecule has 0 saturated heterocycles. The normalized spacial score (nSPS) is 12.6. The molecule has 0 aliphatic heterocycles. The predicted molar refractivity (Wildman–Crippen MR) is 68.9 cm³/mol. The monoisotopic (exact) mass is 232 g/mol. The fraction of sp³-hybridized carbons (Fsp3) is 0.286. The minimum absolute atomic E-state index is 0.277. The van der Waals surface area contributed by atoms with E-state index in [1.54, 1.807) is 11.3 Å². The minimum Gasteiger partial charge on any atom is -0.392 e. The van der Waals surface area contributed by atoms with E-state index in [2.05, 4.69) is 37.3 Å². The van der Waals surface area contributed by atoms with E-state index in [-0.39, 0.29) is 6.10 Å². The van der Waals surface area contributed by atoms with Crippen LogP contribution in [0.15, 0.2) is 41.8 Å². The Morgan fingerprint density at radius 3 is 2.50 bits per heavy atom. The van der Waals surface area contributed by atoms with E-state index >= 15 is 0 Å². The van der Waals surface area contributed by atoms with Crippen molar-refractivity contribution in [3.8, 4) is 0 Å². The van der Waals surface area contributed by atoms with Crippen molar-refractivity contribution in [1.29, 1.82) is 0 Å². The molecule has 0 aliphatic rings. The molecule has 0 saturated carbocycles. The van der Waals surface area contributed by atoms with Gasteiger partial charge in [-0.05, 0) is 30.4 Å². The zero-order valence-electron chi connectivity index (χ0n) is 9.39. The zero-order chi connectivity index (χ0) is 11.4. The molecule has 0 spiro atoms. The van der Waals surface area contributed by atoms with Crippen molar-refractivity contribution < 1.29 is 5.11 Å². The molecular formula is C14H16OS. The van der Waals surface area contributed by atoms with Crippen LogP contribution in [0, 0.1) is 6.92 Å². The van der Waals surface area contributed by atoms with Crippen molar-refractivity contribution in [3.63, 3.8) is 0 Å². The molecule has 1 nitrogen and oxygen atoms in total. The lowest BCUT2D eigenvalue weighted by atomic mass is 10.0. The first-order chi connectivity index (χ1) is 7.74. The summed E-state index contributed by atoms with van der Waals surface area (Å²) < 4.78 is 0. The van der Waals surface area contributed by atoms with E-state index < -0.39 is 0 Å². The largest absolute Gasteiger partial charge is 0.392 e. The van der Waals surface area contributed by atoms with Gasteiger partial charge < -0.3 is 5.11 Å². The first-order valence-electron chi connectivity index (χ1n) is 5.50. The van der Waals surface area contributed by atoms with E-state index in [0.29, 0.717) is 0 Å². The highest BCUT2D eigenvalue weighted by Crippen LogP contribution is 2.14. The van der Waals surface area contributed by atoms with Crippen molar-refractivity contribution in [1.82, 2.24) is 0 Å². The number of thiophene rings is 1. The summed E-state index contributed by atoms with van der Waals surface area (Å²) in [7, 11) is 0. The quantitative estimate of drug-likeness (QED) is 0.858. The van der Waals surface area contributed by atoms with Gasteiger partial charge in [-0.1, -0.05) is 35.9 Å². The third-order valence-corrected chi connectivity index (χ3v) is 3.51. The van der Waals surface area contributed by atoms with Gasteiger partial charge in [-0.25, -0.2) is 0 Å².